The molecule has 0 bridgehead atoms. The molecule has 0 saturated carbocycles. The van der Waals surface area contributed by atoms with E-state index >= 15 is 0 Å². The van der Waals surface area contributed by atoms with Crippen molar-refractivity contribution in [1.29, 1.82) is 5.26 Å². The molecule has 0 unspecified atom stereocenters. The molecule has 2 aromatic rings. The molecule has 2 rings (SSSR count). The Morgan fingerprint density at radius 3 is 2.48 bits per heavy atom. The number of hydrogen-bond donors (Lipinski definition) is 1. The molecule has 0 saturated heterocycles. The van der Waals surface area contributed by atoms with Crippen LogP contribution in [0.3, 0.4) is 0 Å². The highest BCUT2D eigenvalue weighted by Gasteiger charge is 2.34. The van der Waals surface area contributed by atoms with Gasteiger partial charge < -0.3 is 5.32 Å². The lowest BCUT2D eigenvalue weighted by Gasteiger charge is -2.16. The van der Waals surface area contributed by atoms with E-state index in [1.54, 1.807) is 0 Å². The van der Waals surface area contributed by atoms with Crippen LogP contribution in [-0.2, 0) is 6.18 Å². The van der Waals surface area contributed by atoms with Crippen LogP contribution in [0, 0.1) is 11.3 Å². The highest BCUT2D eigenvalue weighted by molar-refractivity contribution is 5.48. The summed E-state index contributed by atoms with van der Waals surface area (Å²) in [7, 11) is 0. The Balaban J connectivity index is 2.28. The van der Waals surface area contributed by atoms with Crippen molar-refractivity contribution in [3.63, 3.8) is 0 Å². The number of alkyl halides is 3. The second kappa shape index (κ2) is 5.83. The van der Waals surface area contributed by atoms with Crippen LogP contribution in [0.5, 0.6) is 0 Å². The average molecular weight is 291 g/mol. The first-order chi connectivity index (χ1) is 9.91. The predicted octanol–water partition coefficient (Wildman–Crippen LogP) is 4.15. The third-order valence-corrected chi connectivity index (χ3v) is 2.99. The minimum absolute atomic E-state index is 0.0812. The van der Waals surface area contributed by atoms with Crippen molar-refractivity contribution >= 4 is 5.82 Å². The minimum atomic E-state index is -4.58. The molecule has 6 heteroatoms. The summed E-state index contributed by atoms with van der Waals surface area (Å²) in [4.78, 5) is 3.86. The van der Waals surface area contributed by atoms with Gasteiger partial charge in [-0.15, -0.1) is 0 Å². The maximum Gasteiger partial charge on any atom is 0.417 e. The Bertz CT molecular complexity index is 660. The summed E-state index contributed by atoms with van der Waals surface area (Å²) in [5.41, 5.74) is -0.541. The minimum Gasteiger partial charge on any atom is -0.364 e. The van der Waals surface area contributed by atoms with Gasteiger partial charge in [0.2, 0.25) is 0 Å². The molecule has 1 atom stereocenters. The van der Waals surface area contributed by atoms with Crippen LogP contribution in [0.15, 0.2) is 42.6 Å². The fourth-order valence-electron chi connectivity index (χ4n) is 1.90. The Morgan fingerprint density at radius 2 is 1.90 bits per heavy atom. The number of benzene rings is 1. The van der Waals surface area contributed by atoms with Crippen molar-refractivity contribution in [2.75, 3.05) is 5.32 Å². The molecule has 1 N–H and O–H groups in total. The molecule has 1 aromatic heterocycles. The van der Waals surface area contributed by atoms with Crippen molar-refractivity contribution in [2.24, 2.45) is 0 Å². The van der Waals surface area contributed by atoms with Crippen molar-refractivity contribution in [1.82, 2.24) is 4.98 Å². The first kappa shape index (κ1) is 14.9. The van der Waals surface area contributed by atoms with E-state index in [1.807, 2.05) is 37.3 Å². The molecule has 0 aliphatic heterocycles. The van der Waals surface area contributed by atoms with Gasteiger partial charge in [-0.25, -0.2) is 4.98 Å². The highest BCUT2D eigenvalue weighted by atomic mass is 19.4. The average Bonchev–Trinajstić information content (AvgIpc) is 2.47. The molecule has 0 aliphatic carbocycles. The Labute approximate surface area is 120 Å². The normalized spacial score (nSPS) is 12.5. The number of hydrogen-bond acceptors (Lipinski definition) is 3. The SMILES string of the molecule is C[C@@H](Nc1cc(C(F)(F)F)c(C#N)cn1)c1ccccc1. The van der Waals surface area contributed by atoms with Gasteiger partial charge in [-0.1, -0.05) is 30.3 Å². The molecule has 21 heavy (non-hydrogen) atoms. The number of nitrogens with zero attached hydrogens (tertiary/aromatic N) is 2. The van der Waals surface area contributed by atoms with E-state index in [4.69, 9.17) is 5.26 Å². The van der Waals surface area contributed by atoms with Gasteiger partial charge in [-0.2, -0.15) is 18.4 Å². The third kappa shape index (κ3) is 3.51. The molecule has 0 fully saturated rings. The third-order valence-electron chi connectivity index (χ3n) is 2.99. The predicted molar refractivity (Wildman–Crippen MR) is 72.4 cm³/mol. The number of anilines is 1. The summed E-state index contributed by atoms with van der Waals surface area (Å²) in [6.07, 6.45) is -3.65. The summed E-state index contributed by atoms with van der Waals surface area (Å²) in [5.74, 6) is 0.0812. The van der Waals surface area contributed by atoms with E-state index in [0.717, 1.165) is 17.8 Å². The monoisotopic (exact) mass is 291 g/mol. The second-order valence-corrected chi connectivity index (χ2v) is 4.50. The fourth-order valence-corrected chi connectivity index (χ4v) is 1.90. The molecule has 1 heterocycles. The van der Waals surface area contributed by atoms with Crippen LogP contribution in [0.2, 0.25) is 0 Å². The van der Waals surface area contributed by atoms with Gasteiger partial charge >= 0.3 is 6.18 Å². The van der Waals surface area contributed by atoms with Crippen molar-refractivity contribution in [3.05, 3.63) is 59.3 Å². The van der Waals surface area contributed by atoms with E-state index in [9.17, 15) is 13.2 Å². The van der Waals surface area contributed by atoms with E-state index < -0.39 is 17.3 Å². The fraction of sp³-hybridized carbons (Fsp3) is 0.200. The quantitative estimate of drug-likeness (QED) is 0.924. The topological polar surface area (TPSA) is 48.7 Å². The molecule has 0 spiro atoms. The van der Waals surface area contributed by atoms with Crippen molar-refractivity contribution in [3.8, 4) is 6.07 Å². The summed E-state index contributed by atoms with van der Waals surface area (Å²) < 4.78 is 38.6. The zero-order valence-electron chi connectivity index (χ0n) is 11.1. The molecule has 0 amide bonds. The van der Waals surface area contributed by atoms with Crippen LogP contribution in [0.25, 0.3) is 0 Å². The van der Waals surface area contributed by atoms with Crippen molar-refractivity contribution < 1.29 is 13.2 Å². The lowest BCUT2D eigenvalue weighted by molar-refractivity contribution is -0.137. The molecule has 1 aromatic carbocycles. The standard InChI is InChI=1S/C15H12F3N3/c1-10(11-5-3-2-4-6-11)21-14-7-13(15(16,17)18)12(8-19)9-20-14/h2-7,9-10H,1H3,(H,20,21)/t10-/m1/s1. The van der Waals surface area contributed by atoms with Gasteiger partial charge in [0.25, 0.3) is 0 Å². The second-order valence-electron chi connectivity index (χ2n) is 4.50. The first-order valence-corrected chi connectivity index (χ1v) is 6.20. The van der Waals surface area contributed by atoms with Gasteiger partial charge in [-0.05, 0) is 18.6 Å². The van der Waals surface area contributed by atoms with Crippen LogP contribution < -0.4 is 5.32 Å². The van der Waals surface area contributed by atoms with Gasteiger partial charge in [0.1, 0.15) is 11.9 Å². The van der Waals surface area contributed by atoms with E-state index in [1.165, 1.54) is 6.07 Å². The Kier molecular flexibility index (Phi) is 4.13. The van der Waals surface area contributed by atoms with E-state index in [2.05, 4.69) is 10.3 Å². The van der Waals surface area contributed by atoms with Gasteiger partial charge in [0, 0.05) is 12.2 Å². The summed E-state index contributed by atoms with van der Waals surface area (Å²) in [5, 5.41) is 11.6. The maximum atomic E-state index is 12.9. The highest BCUT2D eigenvalue weighted by Crippen LogP contribution is 2.33. The van der Waals surface area contributed by atoms with Crippen molar-refractivity contribution in [2.45, 2.75) is 19.1 Å². The number of rotatable bonds is 3. The first-order valence-electron chi connectivity index (χ1n) is 6.20. The van der Waals surface area contributed by atoms with Crippen LogP contribution in [0.4, 0.5) is 19.0 Å². The lowest BCUT2D eigenvalue weighted by atomic mass is 10.1. The molecular formula is C15H12F3N3. The summed E-state index contributed by atoms with van der Waals surface area (Å²) >= 11 is 0. The Morgan fingerprint density at radius 1 is 1.24 bits per heavy atom. The number of halogens is 3. The maximum absolute atomic E-state index is 12.9. The molecule has 0 aliphatic rings. The van der Waals surface area contributed by atoms with Gasteiger partial charge in [0.05, 0.1) is 11.1 Å². The van der Waals surface area contributed by atoms with E-state index in [-0.39, 0.29) is 11.9 Å². The number of pyridine rings is 1. The lowest BCUT2D eigenvalue weighted by Crippen LogP contribution is -2.12. The summed E-state index contributed by atoms with van der Waals surface area (Å²) in [6, 6.07) is 11.5. The zero-order chi connectivity index (χ0) is 15.5. The smallest absolute Gasteiger partial charge is 0.364 e. The zero-order valence-corrected chi connectivity index (χ0v) is 11.1. The van der Waals surface area contributed by atoms with Crippen LogP contribution >= 0.6 is 0 Å². The largest absolute Gasteiger partial charge is 0.417 e. The number of nitrogens with one attached hydrogen (secondary N) is 1. The van der Waals surface area contributed by atoms with Gasteiger partial charge in [0.15, 0.2) is 0 Å². The number of nitriles is 1. The summed E-state index contributed by atoms with van der Waals surface area (Å²) in [6.45, 7) is 1.82. The van der Waals surface area contributed by atoms with Crippen LogP contribution in [-0.4, -0.2) is 4.98 Å². The van der Waals surface area contributed by atoms with Crippen LogP contribution in [0.1, 0.15) is 29.7 Å². The molecule has 0 radical (unpaired) electrons. The number of aromatic nitrogens is 1. The molecule has 3 nitrogen and oxygen atoms in total. The molecular weight excluding hydrogens is 279 g/mol. The molecule has 108 valence electrons. The Hall–Kier alpha value is -2.55. The van der Waals surface area contributed by atoms with Gasteiger partial charge in [-0.3, -0.25) is 0 Å². The van der Waals surface area contributed by atoms with E-state index in [0.29, 0.717) is 0 Å².